The molecule has 2 rings (SSSR count). The highest BCUT2D eigenvalue weighted by Gasteiger charge is 2.10. The first-order valence-electron chi connectivity index (χ1n) is 7.20. The van der Waals surface area contributed by atoms with Crippen LogP contribution in [0.4, 0.5) is 5.69 Å². The summed E-state index contributed by atoms with van der Waals surface area (Å²) >= 11 is 0. The lowest BCUT2D eigenvalue weighted by atomic mass is 10.2. The van der Waals surface area contributed by atoms with Crippen molar-refractivity contribution >= 4 is 17.6 Å². The van der Waals surface area contributed by atoms with Crippen molar-refractivity contribution in [1.82, 2.24) is 0 Å². The molecule has 0 aliphatic carbocycles. The monoisotopic (exact) mass is 335 g/mol. The van der Waals surface area contributed by atoms with E-state index in [9.17, 15) is 9.59 Å². The summed E-state index contributed by atoms with van der Waals surface area (Å²) in [6, 6.07) is 16.6. The molecule has 0 radical (unpaired) electrons. The van der Waals surface area contributed by atoms with E-state index in [-0.39, 0.29) is 6.61 Å². The number of nitrogens with one attached hydrogen (secondary N) is 1. The molecule has 2 aromatic carbocycles. The molecule has 124 valence electrons. The molecular weight excluding hydrogens is 322 g/mol. The van der Waals surface area contributed by atoms with Crippen LogP contribution in [0.15, 0.2) is 48.5 Å². The molecule has 0 atom stereocenters. The van der Waals surface area contributed by atoms with E-state index in [0.717, 1.165) is 0 Å². The molecule has 25 heavy (non-hydrogen) atoms. The van der Waals surface area contributed by atoms with Gasteiger partial charge in [-0.05, 0) is 36.4 Å². The van der Waals surface area contributed by atoms with E-state index in [4.69, 9.17) is 20.0 Å². The van der Waals surface area contributed by atoms with Crippen LogP contribution in [0, 0.1) is 22.7 Å². The lowest BCUT2D eigenvalue weighted by Gasteiger charge is -2.08. The predicted octanol–water partition coefficient (Wildman–Crippen LogP) is 1.99. The summed E-state index contributed by atoms with van der Waals surface area (Å²) in [6.45, 7) is -0.858. The maximum atomic E-state index is 11.8. The number of amides is 1. The normalized spacial score (nSPS) is 9.36. The second-order valence-electron chi connectivity index (χ2n) is 4.79. The van der Waals surface area contributed by atoms with Gasteiger partial charge in [0.2, 0.25) is 0 Å². The van der Waals surface area contributed by atoms with E-state index >= 15 is 0 Å². The highest BCUT2D eigenvalue weighted by atomic mass is 16.6. The lowest BCUT2D eigenvalue weighted by Crippen LogP contribution is -2.24. The minimum Gasteiger partial charge on any atom is -0.482 e. The van der Waals surface area contributed by atoms with Gasteiger partial charge in [-0.25, -0.2) is 4.79 Å². The van der Waals surface area contributed by atoms with E-state index in [1.54, 1.807) is 48.5 Å². The first-order valence-corrected chi connectivity index (χ1v) is 7.20. The first kappa shape index (κ1) is 17.5. The second-order valence-corrected chi connectivity index (χ2v) is 4.79. The second kappa shape index (κ2) is 8.70. The smallest absolute Gasteiger partial charge is 0.344 e. The topological polar surface area (TPSA) is 112 Å². The number of benzene rings is 2. The number of para-hydroxylation sites is 1. The van der Waals surface area contributed by atoms with Gasteiger partial charge in [0.05, 0.1) is 22.9 Å². The fraction of sp³-hybridized carbons (Fsp3) is 0.111. The van der Waals surface area contributed by atoms with Crippen LogP contribution in [0.3, 0.4) is 0 Å². The number of carbonyl (C=O) groups is 2. The molecule has 0 heterocycles. The van der Waals surface area contributed by atoms with Gasteiger partial charge in [-0.1, -0.05) is 12.1 Å². The summed E-state index contributed by atoms with van der Waals surface area (Å²) in [4.78, 5) is 23.3. The third kappa shape index (κ3) is 5.38. The Balaban J connectivity index is 1.76. The fourth-order valence-electron chi connectivity index (χ4n) is 1.83. The van der Waals surface area contributed by atoms with E-state index in [1.165, 1.54) is 0 Å². The summed E-state index contributed by atoms with van der Waals surface area (Å²) in [6.07, 6.45) is 0. The summed E-state index contributed by atoms with van der Waals surface area (Å²) in [5.41, 5.74) is 1.13. The zero-order valence-corrected chi connectivity index (χ0v) is 13.1. The van der Waals surface area contributed by atoms with Gasteiger partial charge in [0.25, 0.3) is 5.91 Å². The van der Waals surface area contributed by atoms with Gasteiger partial charge < -0.3 is 14.8 Å². The molecule has 0 aliphatic rings. The quantitative estimate of drug-likeness (QED) is 0.808. The van der Waals surface area contributed by atoms with Gasteiger partial charge in [0, 0.05) is 0 Å². The molecule has 7 nitrogen and oxygen atoms in total. The number of nitriles is 2. The third-order valence-corrected chi connectivity index (χ3v) is 3.03. The van der Waals surface area contributed by atoms with E-state index in [1.807, 2.05) is 12.1 Å². The molecule has 0 spiro atoms. The first-order chi connectivity index (χ1) is 12.1. The average Bonchev–Trinajstić information content (AvgIpc) is 2.65. The molecule has 0 aromatic heterocycles. The summed E-state index contributed by atoms with van der Waals surface area (Å²) < 4.78 is 10.0. The summed E-state index contributed by atoms with van der Waals surface area (Å²) in [5.74, 6) is -0.870. The largest absolute Gasteiger partial charge is 0.482 e. The highest BCUT2D eigenvalue weighted by Crippen LogP contribution is 2.13. The Kier molecular flexibility index (Phi) is 6.10. The van der Waals surface area contributed by atoms with E-state index in [2.05, 4.69) is 5.32 Å². The third-order valence-electron chi connectivity index (χ3n) is 3.03. The standard InChI is InChI=1S/C18H13N3O4/c19-9-13-5-7-15(8-6-13)24-12-18(23)25-11-17(22)21-16-4-2-1-3-14(16)10-20/h1-8H,11-12H2,(H,21,22). The average molecular weight is 335 g/mol. The number of hydrogen-bond donors (Lipinski definition) is 1. The summed E-state index contributed by atoms with van der Waals surface area (Å²) in [5, 5.41) is 20.1. The van der Waals surface area contributed by atoms with Crippen molar-refractivity contribution < 1.29 is 19.1 Å². The Hall–Kier alpha value is -3.84. The maximum Gasteiger partial charge on any atom is 0.344 e. The van der Waals surface area contributed by atoms with Gasteiger partial charge >= 0.3 is 5.97 Å². The number of esters is 1. The van der Waals surface area contributed by atoms with Crippen molar-refractivity contribution in [3.63, 3.8) is 0 Å². The van der Waals surface area contributed by atoms with E-state index in [0.29, 0.717) is 22.6 Å². The Morgan fingerprint density at radius 1 is 0.960 bits per heavy atom. The number of anilines is 1. The molecule has 2 aromatic rings. The number of nitrogens with zero attached hydrogens (tertiary/aromatic N) is 2. The molecule has 0 fully saturated rings. The molecule has 0 bridgehead atoms. The van der Waals surface area contributed by atoms with Crippen LogP contribution < -0.4 is 10.1 Å². The maximum absolute atomic E-state index is 11.8. The van der Waals surface area contributed by atoms with Crippen molar-refractivity contribution in [2.75, 3.05) is 18.5 Å². The zero-order chi connectivity index (χ0) is 18.1. The molecule has 0 aliphatic heterocycles. The number of rotatable bonds is 6. The minimum atomic E-state index is -0.715. The SMILES string of the molecule is N#Cc1ccc(OCC(=O)OCC(=O)Nc2ccccc2C#N)cc1. The molecule has 0 saturated heterocycles. The Bertz CT molecular complexity index is 848. The Morgan fingerprint density at radius 2 is 1.68 bits per heavy atom. The molecule has 1 amide bonds. The lowest BCUT2D eigenvalue weighted by molar-refractivity contribution is -0.149. The van der Waals surface area contributed by atoms with Crippen molar-refractivity contribution in [1.29, 1.82) is 10.5 Å². The predicted molar refractivity (Wildman–Crippen MR) is 87.4 cm³/mol. The van der Waals surface area contributed by atoms with Crippen molar-refractivity contribution in [2.45, 2.75) is 0 Å². The van der Waals surface area contributed by atoms with Crippen LogP contribution in [-0.2, 0) is 14.3 Å². The Morgan fingerprint density at radius 3 is 2.36 bits per heavy atom. The van der Waals surface area contributed by atoms with Crippen LogP contribution in [0.2, 0.25) is 0 Å². The number of ether oxygens (including phenoxy) is 2. The van der Waals surface area contributed by atoms with Gasteiger partial charge in [0.15, 0.2) is 13.2 Å². The highest BCUT2D eigenvalue weighted by molar-refractivity contribution is 5.94. The van der Waals surface area contributed by atoms with Crippen molar-refractivity contribution in [3.8, 4) is 17.9 Å². The van der Waals surface area contributed by atoms with Crippen LogP contribution in [-0.4, -0.2) is 25.1 Å². The molecule has 0 unspecified atom stereocenters. The zero-order valence-electron chi connectivity index (χ0n) is 13.1. The van der Waals surface area contributed by atoms with Crippen molar-refractivity contribution in [3.05, 3.63) is 59.7 Å². The van der Waals surface area contributed by atoms with Gasteiger partial charge in [-0.2, -0.15) is 10.5 Å². The van der Waals surface area contributed by atoms with Crippen LogP contribution >= 0.6 is 0 Å². The summed E-state index contributed by atoms with van der Waals surface area (Å²) in [7, 11) is 0. The Labute approximate surface area is 144 Å². The van der Waals surface area contributed by atoms with Crippen LogP contribution in [0.1, 0.15) is 11.1 Å². The van der Waals surface area contributed by atoms with Crippen LogP contribution in [0.25, 0.3) is 0 Å². The molecule has 7 heteroatoms. The fourth-order valence-corrected chi connectivity index (χ4v) is 1.83. The molecule has 0 saturated carbocycles. The van der Waals surface area contributed by atoms with Gasteiger partial charge in [0.1, 0.15) is 11.8 Å². The number of carbonyl (C=O) groups excluding carboxylic acids is 2. The van der Waals surface area contributed by atoms with Gasteiger partial charge in [-0.3, -0.25) is 4.79 Å². The number of hydrogen-bond acceptors (Lipinski definition) is 6. The molecule has 1 N–H and O–H groups in total. The van der Waals surface area contributed by atoms with Crippen LogP contribution in [0.5, 0.6) is 5.75 Å². The minimum absolute atomic E-state index is 0.311. The van der Waals surface area contributed by atoms with Crippen molar-refractivity contribution in [2.24, 2.45) is 0 Å². The van der Waals surface area contributed by atoms with E-state index < -0.39 is 18.5 Å². The van der Waals surface area contributed by atoms with Gasteiger partial charge in [-0.15, -0.1) is 0 Å². The molecular formula is C18H13N3O4.